The van der Waals surface area contributed by atoms with E-state index in [2.05, 4.69) is 29.6 Å². The quantitative estimate of drug-likeness (QED) is 0.906. The molecule has 2 rings (SSSR count). The fourth-order valence-corrected chi connectivity index (χ4v) is 3.02. The first-order chi connectivity index (χ1) is 11.1. The summed E-state index contributed by atoms with van der Waals surface area (Å²) in [5.41, 5.74) is 1.31. The van der Waals surface area contributed by atoms with Gasteiger partial charge in [0.25, 0.3) is 0 Å². The highest BCUT2D eigenvalue weighted by atomic mass is 16.2. The predicted octanol–water partition coefficient (Wildman–Crippen LogP) is 2.27. The molecule has 1 aromatic carbocycles. The molecule has 1 saturated heterocycles. The van der Waals surface area contributed by atoms with Gasteiger partial charge in [-0.1, -0.05) is 30.3 Å². The van der Waals surface area contributed by atoms with Crippen molar-refractivity contribution in [1.29, 1.82) is 0 Å². The lowest BCUT2D eigenvalue weighted by Crippen LogP contribution is -2.49. The third-order valence-electron chi connectivity index (χ3n) is 4.35. The molecule has 1 heterocycles. The molecule has 1 N–H and O–H groups in total. The molecular weight excluding hydrogens is 290 g/mol. The molecule has 1 aliphatic heterocycles. The third kappa shape index (κ3) is 5.27. The van der Waals surface area contributed by atoms with Gasteiger partial charge in [0.05, 0.1) is 6.54 Å². The van der Waals surface area contributed by atoms with E-state index in [1.54, 1.807) is 14.1 Å². The van der Waals surface area contributed by atoms with E-state index in [1.165, 1.54) is 16.9 Å². The average Bonchev–Trinajstić information content (AvgIpc) is 2.58. The zero-order valence-electron chi connectivity index (χ0n) is 14.1. The van der Waals surface area contributed by atoms with Gasteiger partial charge in [-0.3, -0.25) is 4.79 Å². The maximum absolute atomic E-state index is 12.4. The predicted molar refractivity (Wildman–Crippen MR) is 91.2 cm³/mol. The molecule has 1 aromatic rings. The molecule has 126 valence electrons. The second kappa shape index (κ2) is 8.56. The van der Waals surface area contributed by atoms with Crippen LogP contribution < -0.4 is 5.32 Å². The van der Waals surface area contributed by atoms with Gasteiger partial charge < -0.3 is 15.1 Å². The van der Waals surface area contributed by atoms with Gasteiger partial charge in [0, 0.05) is 26.7 Å². The van der Waals surface area contributed by atoms with Gasteiger partial charge in [0.15, 0.2) is 0 Å². The number of amides is 3. The number of piperidine rings is 1. The maximum atomic E-state index is 12.4. The first kappa shape index (κ1) is 17.3. The number of nitrogens with one attached hydrogen (secondary N) is 1. The first-order valence-electron chi connectivity index (χ1n) is 8.36. The highest BCUT2D eigenvalue weighted by molar-refractivity contribution is 5.84. The van der Waals surface area contributed by atoms with Gasteiger partial charge in [0.1, 0.15) is 0 Å². The lowest BCUT2D eigenvalue weighted by atomic mass is 9.95. The molecule has 5 heteroatoms. The summed E-state index contributed by atoms with van der Waals surface area (Å²) in [6, 6.07) is 10.4. The number of rotatable bonds is 5. The van der Waals surface area contributed by atoms with Gasteiger partial charge in [-0.25, -0.2) is 4.79 Å². The number of likely N-dealkylation sites (tertiary alicyclic amines) is 1. The van der Waals surface area contributed by atoms with Crippen molar-refractivity contribution < 1.29 is 9.59 Å². The average molecular weight is 317 g/mol. The molecule has 1 atom stereocenters. The highest BCUT2D eigenvalue weighted by Gasteiger charge is 2.26. The zero-order valence-corrected chi connectivity index (χ0v) is 14.1. The number of nitrogens with zero attached hydrogens (tertiary/aromatic N) is 2. The van der Waals surface area contributed by atoms with Crippen molar-refractivity contribution in [2.75, 3.05) is 27.2 Å². The minimum absolute atomic E-state index is 0.0259. The van der Waals surface area contributed by atoms with Crippen LogP contribution in [-0.2, 0) is 11.2 Å². The Balaban J connectivity index is 1.87. The summed E-state index contributed by atoms with van der Waals surface area (Å²) in [5.74, 6) is 0.0259. The van der Waals surface area contributed by atoms with Crippen molar-refractivity contribution >= 4 is 11.9 Å². The molecule has 0 spiro atoms. The summed E-state index contributed by atoms with van der Waals surface area (Å²) < 4.78 is 0. The number of hydrogen-bond acceptors (Lipinski definition) is 2. The summed E-state index contributed by atoms with van der Waals surface area (Å²) >= 11 is 0. The normalized spacial score (nSPS) is 17.7. The smallest absolute Gasteiger partial charge is 0.317 e. The molecule has 0 unspecified atom stereocenters. The topological polar surface area (TPSA) is 52.7 Å². The van der Waals surface area contributed by atoms with Crippen LogP contribution >= 0.6 is 0 Å². The Labute approximate surface area is 138 Å². The SMILES string of the molecule is CN(C)C(=O)NCC(=O)N1CCCC[C@@H]1CCc1ccccc1. The molecule has 0 bridgehead atoms. The zero-order chi connectivity index (χ0) is 16.7. The molecule has 0 aromatic heterocycles. The molecule has 0 radical (unpaired) electrons. The van der Waals surface area contributed by atoms with E-state index >= 15 is 0 Å². The summed E-state index contributed by atoms with van der Waals surface area (Å²) in [7, 11) is 3.34. The molecule has 5 nitrogen and oxygen atoms in total. The van der Waals surface area contributed by atoms with Crippen LogP contribution in [0, 0.1) is 0 Å². The van der Waals surface area contributed by atoms with Crippen molar-refractivity contribution in [2.24, 2.45) is 0 Å². The number of hydrogen-bond donors (Lipinski definition) is 1. The van der Waals surface area contributed by atoms with Crippen LogP contribution in [0.1, 0.15) is 31.2 Å². The van der Waals surface area contributed by atoms with Gasteiger partial charge in [-0.15, -0.1) is 0 Å². The molecule has 0 saturated carbocycles. The van der Waals surface area contributed by atoms with E-state index in [0.717, 1.165) is 32.2 Å². The summed E-state index contributed by atoms with van der Waals surface area (Å²) in [6.07, 6.45) is 5.25. The maximum Gasteiger partial charge on any atom is 0.317 e. The van der Waals surface area contributed by atoms with Crippen LogP contribution in [0.5, 0.6) is 0 Å². The molecular formula is C18H27N3O2. The fourth-order valence-electron chi connectivity index (χ4n) is 3.02. The van der Waals surface area contributed by atoms with Crippen molar-refractivity contribution in [1.82, 2.24) is 15.1 Å². The number of aryl methyl sites for hydroxylation is 1. The minimum atomic E-state index is -0.226. The second-order valence-corrected chi connectivity index (χ2v) is 6.31. The minimum Gasteiger partial charge on any atom is -0.338 e. The van der Waals surface area contributed by atoms with Gasteiger partial charge in [-0.05, 0) is 37.7 Å². The molecule has 3 amide bonds. The van der Waals surface area contributed by atoms with E-state index in [4.69, 9.17) is 0 Å². The number of urea groups is 1. The summed E-state index contributed by atoms with van der Waals surface area (Å²) in [4.78, 5) is 27.4. The number of carbonyl (C=O) groups excluding carboxylic acids is 2. The van der Waals surface area contributed by atoms with Crippen LogP contribution in [-0.4, -0.2) is 55.0 Å². The Bertz CT molecular complexity index is 516. The van der Waals surface area contributed by atoms with E-state index in [0.29, 0.717) is 0 Å². The van der Waals surface area contributed by atoms with E-state index < -0.39 is 0 Å². The first-order valence-corrected chi connectivity index (χ1v) is 8.36. The van der Waals surface area contributed by atoms with Crippen LogP contribution in [0.4, 0.5) is 4.79 Å². The van der Waals surface area contributed by atoms with Crippen molar-refractivity contribution in [2.45, 2.75) is 38.1 Å². The van der Waals surface area contributed by atoms with Crippen LogP contribution in [0.15, 0.2) is 30.3 Å². The molecule has 1 fully saturated rings. The Morgan fingerprint density at radius 3 is 2.65 bits per heavy atom. The van der Waals surface area contributed by atoms with Crippen LogP contribution in [0.3, 0.4) is 0 Å². The van der Waals surface area contributed by atoms with Gasteiger partial charge >= 0.3 is 6.03 Å². The summed E-state index contributed by atoms with van der Waals surface area (Å²) in [6.45, 7) is 0.884. The Hall–Kier alpha value is -2.04. The number of carbonyl (C=O) groups is 2. The Morgan fingerprint density at radius 2 is 1.96 bits per heavy atom. The van der Waals surface area contributed by atoms with Gasteiger partial charge in [-0.2, -0.15) is 0 Å². The van der Waals surface area contributed by atoms with Crippen molar-refractivity contribution in [3.8, 4) is 0 Å². The fraction of sp³-hybridized carbons (Fsp3) is 0.556. The second-order valence-electron chi connectivity index (χ2n) is 6.31. The molecule has 23 heavy (non-hydrogen) atoms. The van der Waals surface area contributed by atoms with E-state index in [-0.39, 0.29) is 24.5 Å². The van der Waals surface area contributed by atoms with Gasteiger partial charge in [0.2, 0.25) is 5.91 Å². The van der Waals surface area contributed by atoms with Crippen LogP contribution in [0.25, 0.3) is 0 Å². The van der Waals surface area contributed by atoms with E-state index in [1.807, 2.05) is 11.0 Å². The third-order valence-corrected chi connectivity index (χ3v) is 4.35. The number of benzene rings is 1. The van der Waals surface area contributed by atoms with Crippen LogP contribution in [0.2, 0.25) is 0 Å². The summed E-state index contributed by atoms with van der Waals surface area (Å²) in [5, 5.41) is 2.67. The Morgan fingerprint density at radius 1 is 1.22 bits per heavy atom. The molecule has 0 aliphatic carbocycles. The molecule has 1 aliphatic rings. The standard InChI is InChI=1S/C18H27N3O2/c1-20(2)18(23)19-14-17(22)21-13-7-6-10-16(21)12-11-15-8-4-3-5-9-15/h3-5,8-9,16H,6-7,10-14H2,1-2H3,(H,19,23)/t16-/m1/s1. The lowest BCUT2D eigenvalue weighted by molar-refractivity contribution is -0.133. The van der Waals surface area contributed by atoms with Crippen molar-refractivity contribution in [3.05, 3.63) is 35.9 Å². The Kier molecular flexibility index (Phi) is 6.44. The monoisotopic (exact) mass is 317 g/mol. The largest absolute Gasteiger partial charge is 0.338 e. The lowest BCUT2D eigenvalue weighted by Gasteiger charge is -2.36. The van der Waals surface area contributed by atoms with E-state index in [9.17, 15) is 9.59 Å². The van der Waals surface area contributed by atoms with Crippen molar-refractivity contribution in [3.63, 3.8) is 0 Å². The highest BCUT2D eigenvalue weighted by Crippen LogP contribution is 2.21.